The molecule has 0 aliphatic carbocycles. The van der Waals surface area contributed by atoms with Crippen LogP contribution in [0.3, 0.4) is 0 Å². The molecule has 4 heteroatoms. The average Bonchev–Trinajstić information content (AvgIpc) is 2.37. The Morgan fingerprint density at radius 1 is 1.18 bits per heavy atom. The molecule has 0 bridgehead atoms. The van der Waals surface area contributed by atoms with Crippen molar-refractivity contribution in [3.8, 4) is 11.5 Å². The van der Waals surface area contributed by atoms with Crippen molar-refractivity contribution in [2.45, 2.75) is 19.3 Å². The maximum atomic E-state index is 11.3. The van der Waals surface area contributed by atoms with Gasteiger partial charge in [0, 0.05) is 5.56 Å². The van der Waals surface area contributed by atoms with Gasteiger partial charge in [-0.2, -0.15) is 0 Å². The van der Waals surface area contributed by atoms with Gasteiger partial charge in [0.1, 0.15) is 11.5 Å². The molecule has 0 aliphatic rings. The summed E-state index contributed by atoms with van der Waals surface area (Å²) in [5.41, 5.74) is 0.892. The van der Waals surface area contributed by atoms with Crippen molar-refractivity contribution < 1.29 is 19.0 Å². The van der Waals surface area contributed by atoms with E-state index in [2.05, 4.69) is 4.74 Å². The summed E-state index contributed by atoms with van der Waals surface area (Å²) < 4.78 is 15.3. The molecule has 0 N–H and O–H groups in total. The number of methoxy groups -OCH3 is 3. The SMILES string of the molecule is COC(=O)CC(C)c1c(OC)cccc1OC. The molecular weight excluding hydrogens is 220 g/mol. The second-order valence-corrected chi connectivity index (χ2v) is 3.76. The first-order chi connectivity index (χ1) is 8.13. The van der Waals surface area contributed by atoms with E-state index in [0.717, 1.165) is 17.1 Å². The summed E-state index contributed by atoms with van der Waals surface area (Å²) in [7, 11) is 4.58. The Kier molecular flexibility index (Phi) is 4.82. The van der Waals surface area contributed by atoms with Crippen molar-refractivity contribution in [3.05, 3.63) is 23.8 Å². The average molecular weight is 238 g/mol. The van der Waals surface area contributed by atoms with Crippen LogP contribution in [0.1, 0.15) is 24.8 Å². The van der Waals surface area contributed by atoms with E-state index in [-0.39, 0.29) is 11.9 Å². The Morgan fingerprint density at radius 3 is 2.12 bits per heavy atom. The van der Waals surface area contributed by atoms with Crippen LogP contribution < -0.4 is 9.47 Å². The number of ether oxygens (including phenoxy) is 3. The van der Waals surface area contributed by atoms with E-state index in [1.54, 1.807) is 14.2 Å². The molecule has 1 unspecified atom stereocenters. The summed E-state index contributed by atoms with van der Waals surface area (Å²) in [6.07, 6.45) is 0.299. The second kappa shape index (κ2) is 6.13. The van der Waals surface area contributed by atoms with E-state index >= 15 is 0 Å². The molecule has 1 atom stereocenters. The molecule has 17 heavy (non-hydrogen) atoms. The van der Waals surface area contributed by atoms with Gasteiger partial charge in [0.15, 0.2) is 0 Å². The zero-order chi connectivity index (χ0) is 12.8. The predicted molar refractivity (Wildman–Crippen MR) is 64.6 cm³/mol. The third kappa shape index (κ3) is 3.12. The molecule has 0 saturated carbocycles. The first-order valence-corrected chi connectivity index (χ1v) is 5.41. The van der Waals surface area contributed by atoms with Gasteiger partial charge >= 0.3 is 5.97 Å². The molecular formula is C13H18O4. The fourth-order valence-electron chi connectivity index (χ4n) is 1.80. The van der Waals surface area contributed by atoms with E-state index in [0.29, 0.717) is 6.42 Å². The molecule has 0 heterocycles. The van der Waals surface area contributed by atoms with Crippen LogP contribution in [-0.2, 0) is 9.53 Å². The molecule has 1 rings (SSSR count). The first kappa shape index (κ1) is 13.4. The standard InChI is InChI=1S/C13H18O4/c1-9(8-12(14)17-4)13-10(15-2)6-5-7-11(13)16-3/h5-7,9H,8H2,1-4H3. The van der Waals surface area contributed by atoms with E-state index in [1.807, 2.05) is 25.1 Å². The number of carbonyl (C=O) groups excluding carboxylic acids is 1. The minimum Gasteiger partial charge on any atom is -0.496 e. The number of esters is 1. The van der Waals surface area contributed by atoms with E-state index in [4.69, 9.17) is 9.47 Å². The number of benzene rings is 1. The fraction of sp³-hybridized carbons (Fsp3) is 0.462. The van der Waals surface area contributed by atoms with Gasteiger partial charge in [0.05, 0.1) is 27.8 Å². The predicted octanol–water partition coefficient (Wildman–Crippen LogP) is 2.37. The number of hydrogen-bond donors (Lipinski definition) is 0. The van der Waals surface area contributed by atoms with Gasteiger partial charge in [0.2, 0.25) is 0 Å². The smallest absolute Gasteiger partial charge is 0.306 e. The number of carbonyl (C=O) groups is 1. The van der Waals surface area contributed by atoms with Gasteiger partial charge in [0.25, 0.3) is 0 Å². The Morgan fingerprint density at radius 2 is 1.71 bits per heavy atom. The quantitative estimate of drug-likeness (QED) is 0.739. The number of rotatable bonds is 5. The van der Waals surface area contributed by atoms with E-state index < -0.39 is 0 Å². The van der Waals surface area contributed by atoms with Crippen molar-refractivity contribution in [1.82, 2.24) is 0 Å². The molecule has 0 aromatic heterocycles. The van der Waals surface area contributed by atoms with Crippen molar-refractivity contribution >= 4 is 5.97 Å². The summed E-state index contributed by atoms with van der Waals surface area (Å²) in [4.78, 5) is 11.3. The highest BCUT2D eigenvalue weighted by Gasteiger charge is 2.19. The van der Waals surface area contributed by atoms with E-state index in [1.165, 1.54) is 7.11 Å². The van der Waals surface area contributed by atoms with Crippen molar-refractivity contribution in [1.29, 1.82) is 0 Å². The number of hydrogen-bond acceptors (Lipinski definition) is 4. The molecule has 94 valence electrons. The maximum absolute atomic E-state index is 11.3. The van der Waals surface area contributed by atoms with Crippen LogP contribution in [0.2, 0.25) is 0 Å². The largest absolute Gasteiger partial charge is 0.496 e. The summed E-state index contributed by atoms with van der Waals surface area (Å²) in [6, 6.07) is 5.56. The molecule has 1 aromatic rings. The van der Waals surface area contributed by atoms with E-state index in [9.17, 15) is 4.79 Å². The molecule has 0 spiro atoms. The molecule has 0 saturated heterocycles. The lowest BCUT2D eigenvalue weighted by Gasteiger charge is -2.17. The molecule has 0 amide bonds. The minimum absolute atomic E-state index is 0.0199. The Balaban J connectivity index is 3.04. The lowest BCUT2D eigenvalue weighted by Crippen LogP contribution is -2.08. The van der Waals surface area contributed by atoms with Crippen LogP contribution in [0, 0.1) is 0 Å². The zero-order valence-corrected chi connectivity index (χ0v) is 10.6. The monoisotopic (exact) mass is 238 g/mol. The van der Waals surface area contributed by atoms with Crippen LogP contribution in [0.4, 0.5) is 0 Å². The van der Waals surface area contributed by atoms with Gasteiger partial charge in [-0.05, 0) is 18.1 Å². The Labute approximate surface area is 101 Å². The molecule has 0 aliphatic heterocycles. The highest BCUT2D eigenvalue weighted by Crippen LogP contribution is 2.36. The second-order valence-electron chi connectivity index (χ2n) is 3.76. The maximum Gasteiger partial charge on any atom is 0.306 e. The first-order valence-electron chi connectivity index (χ1n) is 5.41. The van der Waals surface area contributed by atoms with Crippen molar-refractivity contribution in [2.75, 3.05) is 21.3 Å². The van der Waals surface area contributed by atoms with Crippen molar-refractivity contribution in [3.63, 3.8) is 0 Å². The lowest BCUT2D eigenvalue weighted by molar-refractivity contribution is -0.140. The molecule has 0 fully saturated rings. The van der Waals surface area contributed by atoms with Crippen LogP contribution in [-0.4, -0.2) is 27.3 Å². The van der Waals surface area contributed by atoms with Gasteiger partial charge in [-0.15, -0.1) is 0 Å². The Bertz CT molecular complexity index is 365. The van der Waals surface area contributed by atoms with Gasteiger partial charge in [-0.3, -0.25) is 4.79 Å². The normalized spacial score (nSPS) is 11.8. The van der Waals surface area contributed by atoms with Crippen LogP contribution in [0.5, 0.6) is 11.5 Å². The summed E-state index contributed by atoms with van der Waals surface area (Å²) in [5.74, 6) is 1.18. The summed E-state index contributed by atoms with van der Waals surface area (Å²) in [5, 5.41) is 0. The van der Waals surface area contributed by atoms with Crippen LogP contribution in [0.25, 0.3) is 0 Å². The third-order valence-electron chi connectivity index (χ3n) is 2.66. The highest BCUT2D eigenvalue weighted by atomic mass is 16.5. The third-order valence-corrected chi connectivity index (χ3v) is 2.66. The van der Waals surface area contributed by atoms with Gasteiger partial charge < -0.3 is 14.2 Å². The fourth-order valence-corrected chi connectivity index (χ4v) is 1.80. The van der Waals surface area contributed by atoms with Gasteiger partial charge in [-0.25, -0.2) is 0 Å². The summed E-state index contributed by atoms with van der Waals surface area (Å²) >= 11 is 0. The van der Waals surface area contributed by atoms with Crippen LogP contribution in [0.15, 0.2) is 18.2 Å². The molecule has 1 aromatic carbocycles. The lowest BCUT2D eigenvalue weighted by atomic mass is 9.96. The van der Waals surface area contributed by atoms with Crippen molar-refractivity contribution in [2.24, 2.45) is 0 Å². The highest BCUT2D eigenvalue weighted by molar-refractivity contribution is 5.71. The molecule has 4 nitrogen and oxygen atoms in total. The summed E-state index contributed by atoms with van der Waals surface area (Å²) in [6.45, 7) is 1.94. The topological polar surface area (TPSA) is 44.8 Å². The minimum atomic E-state index is -0.245. The molecule has 0 radical (unpaired) electrons. The zero-order valence-electron chi connectivity index (χ0n) is 10.6. The Hall–Kier alpha value is -1.71. The van der Waals surface area contributed by atoms with Gasteiger partial charge in [-0.1, -0.05) is 13.0 Å². The van der Waals surface area contributed by atoms with Crippen LogP contribution >= 0.6 is 0 Å².